The number of benzene rings is 1. The van der Waals surface area contributed by atoms with Gasteiger partial charge in [-0.05, 0) is 25.5 Å². The van der Waals surface area contributed by atoms with E-state index in [0.717, 1.165) is 6.42 Å². The summed E-state index contributed by atoms with van der Waals surface area (Å²) in [7, 11) is 0. The van der Waals surface area contributed by atoms with E-state index in [0.29, 0.717) is 11.8 Å². The largest absolute Gasteiger partial charge is 0.513 e. The minimum absolute atomic E-state index is 0.0301. The highest BCUT2D eigenvalue weighted by Crippen LogP contribution is 2.33. The molecule has 0 bridgehead atoms. The van der Waals surface area contributed by atoms with E-state index in [1.54, 1.807) is 0 Å². The van der Waals surface area contributed by atoms with Gasteiger partial charge in [0, 0.05) is 23.1 Å². The van der Waals surface area contributed by atoms with E-state index >= 15 is 0 Å². The van der Waals surface area contributed by atoms with Crippen molar-refractivity contribution >= 4 is 23.1 Å². The molecule has 1 aromatic carbocycles. The number of unbranched alkanes of at least 4 members (excludes halogenated alkanes) is 1. The third-order valence-corrected chi connectivity index (χ3v) is 3.15. The van der Waals surface area contributed by atoms with Crippen molar-refractivity contribution in [1.82, 2.24) is 0 Å². The van der Waals surface area contributed by atoms with Crippen LogP contribution >= 0.6 is 0 Å². The number of fused-ring (bicyclic) bond motifs is 1. The lowest BCUT2D eigenvalue weighted by atomic mass is 10.2. The third kappa shape index (κ3) is 4.94. The number of carbonyl (C=O) groups excluding carboxylic acids is 2. The van der Waals surface area contributed by atoms with E-state index in [4.69, 9.17) is 18.6 Å². The Morgan fingerprint density at radius 3 is 2.56 bits per heavy atom. The maximum Gasteiger partial charge on any atom is 0.513 e. The first kappa shape index (κ1) is 18.3. The van der Waals surface area contributed by atoms with Crippen LogP contribution in [0.15, 0.2) is 45.6 Å². The fraction of sp³-hybridized carbons (Fsp3) is 0.278. The third-order valence-electron chi connectivity index (χ3n) is 3.15. The molecule has 0 saturated heterocycles. The van der Waals surface area contributed by atoms with E-state index in [-0.39, 0.29) is 29.3 Å². The molecule has 0 fully saturated rings. The summed E-state index contributed by atoms with van der Waals surface area (Å²) in [5, 5.41) is 0.492. The van der Waals surface area contributed by atoms with Crippen LogP contribution in [0.5, 0.6) is 11.5 Å². The Labute approximate surface area is 143 Å². The molecule has 0 spiro atoms. The SMILES string of the molecule is C=C(C)C(=O)Oc1cc2oc(=O)ccc2cc1OC(=O)OCCCC. The summed E-state index contributed by atoms with van der Waals surface area (Å²) >= 11 is 0. The van der Waals surface area contributed by atoms with Crippen molar-refractivity contribution in [2.75, 3.05) is 6.61 Å². The van der Waals surface area contributed by atoms with Crippen LogP contribution in [0.1, 0.15) is 26.7 Å². The van der Waals surface area contributed by atoms with Crippen LogP contribution in [0.25, 0.3) is 11.0 Å². The van der Waals surface area contributed by atoms with Crippen LogP contribution in [0.3, 0.4) is 0 Å². The fourth-order valence-corrected chi connectivity index (χ4v) is 1.84. The average Bonchev–Trinajstić information content (AvgIpc) is 2.55. The molecule has 1 heterocycles. The zero-order valence-electron chi connectivity index (χ0n) is 14.0. The molecule has 0 aliphatic rings. The van der Waals surface area contributed by atoms with E-state index in [2.05, 4.69) is 6.58 Å². The predicted octanol–water partition coefficient (Wildman–Crippen LogP) is 3.59. The van der Waals surface area contributed by atoms with Gasteiger partial charge in [-0.3, -0.25) is 0 Å². The van der Waals surface area contributed by atoms with Crippen molar-refractivity contribution in [3.05, 3.63) is 46.8 Å². The summed E-state index contributed by atoms with van der Waals surface area (Å²) in [5.74, 6) is -0.818. The first-order valence-corrected chi connectivity index (χ1v) is 7.71. The Hall–Kier alpha value is -3.09. The average molecular weight is 346 g/mol. The van der Waals surface area contributed by atoms with Gasteiger partial charge in [0.05, 0.1) is 6.61 Å². The quantitative estimate of drug-likeness (QED) is 0.197. The molecule has 0 atom stereocenters. The molecule has 2 rings (SSSR count). The monoisotopic (exact) mass is 346 g/mol. The highest BCUT2D eigenvalue weighted by molar-refractivity contribution is 5.90. The minimum Gasteiger partial charge on any atom is -0.434 e. The van der Waals surface area contributed by atoms with Crippen LogP contribution in [-0.4, -0.2) is 18.7 Å². The molecule has 0 saturated carbocycles. The highest BCUT2D eigenvalue weighted by Gasteiger charge is 2.17. The smallest absolute Gasteiger partial charge is 0.434 e. The number of ether oxygens (including phenoxy) is 3. The Morgan fingerprint density at radius 1 is 1.16 bits per heavy atom. The number of rotatable bonds is 6. The topological polar surface area (TPSA) is 92.0 Å². The molecule has 0 radical (unpaired) electrons. The van der Waals surface area contributed by atoms with Crippen molar-refractivity contribution in [1.29, 1.82) is 0 Å². The lowest BCUT2D eigenvalue weighted by molar-refractivity contribution is -0.130. The van der Waals surface area contributed by atoms with Crippen molar-refractivity contribution in [2.24, 2.45) is 0 Å². The van der Waals surface area contributed by atoms with Gasteiger partial charge in [0.2, 0.25) is 0 Å². The van der Waals surface area contributed by atoms with Crippen LogP contribution in [0.2, 0.25) is 0 Å². The molecule has 7 nitrogen and oxygen atoms in total. The number of hydrogen-bond donors (Lipinski definition) is 0. The predicted molar refractivity (Wildman–Crippen MR) is 89.8 cm³/mol. The Morgan fingerprint density at radius 2 is 1.88 bits per heavy atom. The second-order valence-electron chi connectivity index (χ2n) is 5.32. The summed E-state index contributed by atoms with van der Waals surface area (Å²) in [6, 6.07) is 5.44. The fourth-order valence-electron chi connectivity index (χ4n) is 1.84. The van der Waals surface area contributed by atoms with Gasteiger partial charge in [-0.1, -0.05) is 19.9 Å². The van der Waals surface area contributed by atoms with E-state index < -0.39 is 17.8 Å². The molecule has 1 aromatic heterocycles. The van der Waals surface area contributed by atoms with Crippen molar-refractivity contribution in [3.8, 4) is 11.5 Å². The first-order chi connectivity index (χ1) is 11.9. The highest BCUT2D eigenvalue weighted by atomic mass is 16.7. The van der Waals surface area contributed by atoms with Gasteiger partial charge in [-0.2, -0.15) is 0 Å². The molecule has 25 heavy (non-hydrogen) atoms. The summed E-state index contributed by atoms with van der Waals surface area (Å²) in [5.41, 5.74) is -0.216. The Bertz CT molecular complexity index is 863. The zero-order chi connectivity index (χ0) is 18.4. The van der Waals surface area contributed by atoms with E-state index in [1.807, 2.05) is 6.92 Å². The van der Waals surface area contributed by atoms with Crippen molar-refractivity contribution < 1.29 is 28.2 Å². The standard InChI is InChI=1S/C18H18O7/c1-4-5-8-22-18(21)25-14-9-12-6-7-16(19)23-13(12)10-15(14)24-17(20)11(2)3/h6-7,9-10H,2,4-5,8H2,1,3H3. The van der Waals surface area contributed by atoms with Crippen molar-refractivity contribution in [3.63, 3.8) is 0 Å². The Kier molecular flexibility index (Phi) is 5.94. The van der Waals surface area contributed by atoms with Gasteiger partial charge in [-0.15, -0.1) is 0 Å². The van der Waals surface area contributed by atoms with Crippen LogP contribution in [0, 0.1) is 0 Å². The van der Waals surface area contributed by atoms with E-state index in [9.17, 15) is 14.4 Å². The van der Waals surface area contributed by atoms with Gasteiger partial charge in [0.1, 0.15) is 5.58 Å². The molecule has 7 heteroatoms. The summed E-state index contributed by atoms with van der Waals surface area (Å²) in [4.78, 5) is 34.9. The lowest BCUT2D eigenvalue weighted by Gasteiger charge is -2.11. The van der Waals surface area contributed by atoms with Gasteiger partial charge in [-0.25, -0.2) is 14.4 Å². The summed E-state index contributed by atoms with van der Waals surface area (Å²) in [6.07, 6.45) is 0.650. The number of hydrogen-bond acceptors (Lipinski definition) is 7. The molecular weight excluding hydrogens is 328 g/mol. The molecule has 0 aliphatic heterocycles. The maximum atomic E-state index is 11.8. The van der Waals surface area contributed by atoms with Gasteiger partial charge < -0.3 is 18.6 Å². The van der Waals surface area contributed by atoms with Gasteiger partial charge in [0.25, 0.3) is 0 Å². The Balaban J connectivity index is 2.35. The minimum atomic E-state index is -0.919. The van der Waals surface area contributed by atoms with Crippen LogP contribution < -0.4 is 15.1 Å². The van der Waals surface area contributed by atoms with Crippen LogP contribution in [-0.2, 0) is 9.53 Å². The second kappa shape index (κ2) is 8.14. The molecule has 132 valence electrons. The zero-order valence-corrected chi connectivity index (χ0v) is 14.0. The normalized spacial score (nSPS) is 10.3. The second-order valence-corrected chi connectivity index (χ2v) is 5.32. The van der Waals surface area contributed by atoms with Crippen LogP contribution in [0.4, 0.5) is 4.79 Å². The summed E-state index contributed by atoms with van der Waals surface area (Å²) in [6.45, 7) is 7.14. The molecule has 0 unspecified atom stereocenters. The first-order valence-electron chi connectivity index (χ1n) is 7.71. The van der Waals surface area contributed by atoms with Gasteiger partial charge >= 0.3 is 17.8 Å². The molecule has 0 amide bonds. The lowest BCUT2D eigenvalue weighted by Crippen LogP contribution is -2.14. The maximum absolute atomic E-state index is 11.8. The number of esters is 1. The van der Waals surface area contributed by atoms with Gasteiger partial charge in [0.15, 0.2) is 11.5 Å². The molecule has 0 N–H and O–H groups in total. The summed E-state index contributed by atoms with van der Waals surface area (Å²) < 4.78 is 20.2. The molecule has 2 aromatic rings. The van der Waals surface area contributed by atoms with E-state index in [1.165, 1.54) is 31.2 Å². The molecule has 0 aliphatic carbocycles. The van der Waals surface area contributed by atoms with Crippen molar-refractivity contribution in [2.45, 2.75) is 26.7 Å². The number of carbonyl (C=O) groups is 2. The molecular formula is C18H18O7.